The summed E-state index contributed by atoms with van der Waals surface area (Å²) >= 11 is 1.77. The zero-order valence-electron chi connectivity index (χ0n) is 14.7. The van der Waals surface area contributed by atoms with E-state index >= 15 is 0 Å². The number of rotatable bonds is 5. The Balaban J connectivity index is 1.73. The Labute approximate surface area is 147 Å². The normalized spacial score (nSPS) is 21.8. The van der Waals surface area contributed by atoms with E-state index in [0.717, 1.165) is 18.8 Å². The summed E-state index contributed by atoms with van der Waals surface area (Å²) in [4.78, 5) is 19.8. The monoisotopic (exact) mass is 347 g/mol. The lowest BCUT2D eigenvalue weighted by Gasteiger charge is -2.21. The van der Waals surface area contributed by atoms with Gasteiger partial charge in [0.1, 0.15) is 11.9 Å². The minimum Gasteiger partial charge on any atom is -0.369 e. The van der Waals surface area contributed by atoms with Gasteiger partial charge in [0.15, 0.2) is 0 Å². The number of nitrogens with one attached hydrogen (secondary N) is 1. The first-order valence-corrected chi connectivity index (χ1v) is 9.32. The minimum absolute atomic E-state index is 0.00891. The summed E-state index contributed by atoms with van der Waals surface area (Å²) in [6.45, 7) is 9.75. The van der Waals surface area contributed by atoms with Crippen molar-refractivity contribution in [2.45, 2.75) is 52.8 Å². The summed E-state index contributed by atoms with van der Waals surface area (Å²) in [5.41, 5.74) is 1.20. The van der Waals surface area contributed by atoms with Gasteiger partial charge in [-0.05, 0) is 45.7 Å². The van der Waals surface area contributed by atoms with Gasteiger partial charge in [-0.2, -0.15) is 0 Å². The number of nitrogens with zero attached hydrogens (tertiary/aromatic N) is 2. The highest BCUT2D eigenvalue weighted by Crippen LogP contribution is 2.35. The van der Waals surface area contributed by atoms with Crippen LogP contribution in [0.5, 0.6) is 0 Å². The van der Waals surface area contributed by atoms with Gasteiger partial charge in [-0.15, -0.1) is 11.3 Å². The lowest BCUT2D eigenvalue weighted by atomic mass is 9.98. The van der Waals surface area contributed by atoms with Crippen LogP contribution in [0, 0.1) is 19.8 Å². The van der Waals surface area contributed by atoms with E-state index in [-0.39, 0.29) is 24.0 Å². The molecule has 130 valence electrons. The second kappa shape index (κ2) is 7.07. The fraction of sp³-hybridized carbons (Fsp3) is 0.556. The summed E-state index contributed by atoms with van der Waals surface area (Å²) in [7, 11) is 0. The molecule has 1 amide bonds. The van der Waals surface area contributed by atoms with Crippen molar-refractivity contribution in [2.24, 2.45) is 5.92 Å². The molecule has 0 saturated carbocycles. The zero-order chi connectivity index (χ0) is 17.3. The van der Waals surface area contributed by atoms with Crippen LogP contribution in [0.1, 0.15) is 53.6 Å². The molecule has 1 aliphatic rings. The molecule has 1 N–H and O–H groups in total. The average Bonchev–Trinajstić information content (AvgIpc) is 3.24. The highest BCUT2D eigenvalue weighted by Gasteiger charge is 2.38. The Bertz CT molecular complexity index is 722. The second-order valence-corrected chi connectivity index (χ2v) is 7.82. The van der Waals surface area contributed by atoms with Crippen LogP contribution in [-0.2, 0) is 16.1 Å². The van der Waals surface area contributed by atoms with Crippen molar-refractivity contribution in [3.8, 4) is 0 Å². The molecule has 0 bridgehead atoms. The van der Waals surface area contributed by atoms with Crippen LogP contribution in [0.3, 0.4) is 0 Å². The first-order chi connectivity index (χ1) is 11.5. The number of aryl methyl sites for hydroxylation is 3. The van der Waals surface area contributed by atoms with Crippen molar-refractivity contribution in [2.75, 3.05) is 6.61 Å². The number of aromatic nitrogens is 2. The lowest BCUT2D eigenvalue weighted by Crippen LogP contribution is -2.34. The molecule has 0 aliphatic carbocycles. The Kier molecular flexibility index (Phi) is 5.06. The Morgan fingerprint density at radius 1 is 1.54 bits per heavy atom. The third-order valence-electron chi connectivity index (χ3n) is 4.68. The zero-order valence-corrected chi connectivity index (χ0v) is 15.5. The fourth-order valence-corrected chi connectivity index (χ4v) is 4.46. The number of imidazole rings is 1. The van der Waals surface area contributed by atoms with Crippen LogP contribution in [0.15, 0.2) is 18.5 Å². The van der Waals surface area contributed by atoms with Crippen molar-refractivity contribution in [3.63, 3.8) is 0 Å². The molecule has 5 nitrogen and oxygen atoms in total. The maximum atomic E-state index is 12.8. The van der Waals surface area contributed by atoms with Crippen LogP contribution in [-0.4, -0.2) is 22.1 Å². The molecule has 6 heteroatoms. The Morgan fingerprint density at radius 3 is 3.00 bits per heavy atom. The second-order valence-electron chi connectivity index (χ2n) is 6.36. The van der Waals surface area contributed by atoms with E-state index in [0.29, 0.717) is 6.61 Å². The van der Waals surface area contributed by atoms with Crippen LogP contribution in [0.2, 0.25) is 0 Å². The molecule has 0 radical (unpaired) electrons. The summed E-state index contributed by atoms with van der Waals surface area (Å²) in [5, 5.41) is 3.17. The van der Waals surface area contributed by atoms with E-state index in [2.05, 4.69) is 37.1 Å². The third kappa shape index (κ3) is 3.26. The number of hydrogen-bond donors (Lipinski definition) is 1. The summed E-state index contributed by atoms with van der Waals surface area (Å²) < 4.78 is 7.89. The van der Waals surface area contributed by atoms with Crippen molar-refractivity contribution >= 4 is 17.2 Å². The van der Waals surface area contributed by atoms with Crippen LogP contribution >= 0.6 is 11.3 Å². The largest absolute Gasteiger partial charge is 0.369 e. The van der Waals surface area contributed by atoms with Crippen LogP contribution in [0.25, 0.3) is 0 Å². The topological polar surface area (TPSA) is 56.2 Å². The Morgan fingerprint density at radius 2 is 2.33 bits per heavy atom. The van der Waals surface area contributed by atoms with Crippen LogP contribution in [0.4, 0.5) is 0 Å². The molecule has 1 fully saturated rings. The van der Waals surface area contributed by atoms with Crippen molar-refractivity contribution in [3.05, 3.63) is 39.6 Å². The third-order valence-corrected chi connectivity index (χ3v) is 5.66. The predicted molar refractivity (Wildman–Crippen MR) is 95.1 cm³/mol. The summed E-state index contributed by atoms with van der Waals surface area (Å²) in [6.07, 6.45) is 4.20. The number of thiophene rings is 1. The molecule has 24 heavy (non-hydrogen) atoms. The highest BCUT2D eigenvalue weighted by atomic mass is 32.1. The van der Waals surface area contributed by atoms with Gasteiger partial charge in [0, 0.05) is 35.3 Å². The maximum absolute atomic E-state index is 12.8. The smallest absolute Gasteiger partial charge is 0.226 e. The molecule has 1 saturated heterocycles. The molecule has 3 atom stereocenters. The van der Waals surface area contributed by atoms with E-state index in [1.807, 2.05) is 17.7 Å². The molecule has 3 heterocycles. The van der Waals surface area contributed by atoms with E-state index < -0.39 is 0 Å². The number of hydrogen-bond acceptors (Lipinski definition) is 4. The number of carbonyl (C=O) groups excluding carboxylic acids is 1. The lowest BCUT2D eigenvalue weighted by molar-refractivity contribution is -0.127. The van der Waals surface area contributed by atoms with Gasteiger partial charge < -0.3 is 14.6 Å². The van der Waals surface area contributed by atoms with E-state index in [9.17, 15) is 4.79 Å². The minimum atomic E-state index is -0.252. The van der Waals surface area contributed by atoms with Crippen LogP contribution < -0.4 is 5.32 Å². The molecule has 1 unspecified atom stereocenters. The van der Waals surface area contributed by atoms with Gasteiger partial charge in [0.25, 0.3) is 0 Å². The number of amides is 1. The van der Waals surface area contributed by atoms with Gasteiger partial charge in [-0.1, -0.05) is 0 Å². The van der Waals surface area contributed by atoms with Gasteiger partial charge in [0.05, 0.1) is 12.0 Å². The standard InChI is InChI=1S/C18H25N3O2S/c1-5-21-8-7-19-17(21)16-14(6-9-23-16)18(22)20-12(3)15-10-11(2)24-13(15)4/h7-8,10,12,14,16H,5-6,9H2,1-4H3,(H,20,22)/t12?,14-,16-/m1/s1. The van der Waals surface area contributed by atoms with Crippen molar-refractivity contribution < 1.29 is 9.53 Å². The van der Waals surface area contributed by atoms with E-state index in [1.54, 1.807) is 17.5 Å². The quantitative estimate of drug-likeness (QED) is 0.900. The van der Waals surface area contributed by atoms with E-state index in [4.69, 9.17) is 4.74 Å². The predicted octanol–water partition coefficient (Wildman–Crippen LogP) is 3.54. The van der Waals surface area contributed by atoms with Crippen molar-refractivity contribution in [1.29, 1.82) is 0 Å². The summed E-state index contributed by atoms with van der Waals surface area (Å²) in [5.74, 6) is 0.726. The Hall–Kier alpha value is -1.66. The molecular formula is C18H25N3O2S. The van der Waals surface area contributed by atoms with Gasteiger partial charge in [-0.25, -0.2) is 4.98 Å². The van der Waals surface area contributed by atoms with Gasteiger partial charge in [-0.3, -0.25) is 4.79 Å². The number of carbonyl (C=O) groups is 1. The average molecular weight is 347 g/mol. The van der Waals surface area contributed by atoms with Gasteiger partial charge in [0.2, 0.25) is 5.91 Å². The highest BCUT2D eigenvalue weighted by molar-refractivity contribution is 7.12. The SMILES string of the molecule is CCn1ccnc1[C@@H]1OCC[C@H]1C(=O)NC(C)c1cc(C)sc1C. The van der Waals surface area contributed by atoms with Crippen molar-refractivity contribution in [1.82, 2.24) is 14.9 Å². The van der Waals surface area contributed by atoms with E-state index in [1.165, 1.54) is 15.3 Å². The molecule has 2 aromatic rings. The number of ether oxygens (including phenoxy) is 1. The molecule has 0 aromatic carbocycles. The molecule has 0 spiro atoms. The molecular weight excluding hydrogens is 322 g/mol. The molecule has 3 rings (SSSR count). The summed E-state index contributed by atoms with van der Waals surface area (Å²) in [6, 6.07) is 2.17. The molecule has 2 aromatic heterocycles. The maximum Gasteiger partial charge on any atom is 0.226 e. The van der Waals surface area contributed by atoms with Gasteiger partial charge >= 0.3 is 0 Å². The first kappa shape index (κ1) is 17.2. The molecule has 1 aliphatic heterocycles. The fourth-order valence-electron chi connectivity index (χ4n) is 3.44. The first-order valence-electron chi connectivity index (χ1n) is 8.51.